The van der Waals surface area contributed by atoms with Gasteiger partial charge in [0.1, 0.15) is 11.5 Å². The van der Waals surface area contributed by atoms with E-state index in [2.05, 4.69) is 5.32 Å². The van der Waals surface area contributed by atoms with Gasteiger partial charge < -0.3 is 5.32 Å². The van der Waals surface area contributed by atoms with Crippen LogP contribution in [0.4, 0.5) is 15.8 Å². The number of para-hydroxylation sites is 1. The average molecular weight is 274 g/mol. The van der Waals surface area contributed by atoms with E-state index >= 15 is 0 Å². The molecule has 2 aromatic rings. The molecule has 0 radical (unpaired) electrons. The van der Waals surface area contributed by atoms with Crippen LogP contribution in [-0.4, -0.2) is 4.92 Å². The van der Waals surface area contributed by atoms with E-state index in [1.165, 1.54) is 12.1 Å². The monoisotopic (exact) mass is 274 g/mol. The Balaban J connectivity index is 2.30. The maximum atomic E-state index is 13.2. The van der Waals surface area contributed by atoms with Crippen LogP contribution in [0.25, 0.3) is 0 Å². The molecular weight excluding hydrogens is 259 g/mol. The summed E-state index contributed by atoms with van der Waals surface area (Å²) in [5.41, 5.74) is 1.81. The van der Waals surface area contributed by atoms with E-state index in [4.69, 9.17) is 0 Å². The first-order valence-electron chi connectivity index (χ1n) is 6.25. The summed E-state index contributed by atoms with van der Waals surface area (Å²) < 4.78 is 13.2. The van der Waals surface area contributed by atoms with Crippen molar-refractivity contribution in [1.29, 1.82) is 0 Å². The number of aryl methyl sites for hydroxylation is 1. The highest BCUT2D eigenvalue weighted by Crippen LogP contribution is 2.31. The number of hydrogen-bond donors (Lipinski definition) is 1. The number of hydrogen-bond acceptors (Lipinski definition) is 3. The number of nitro groups is 1. The quantitative estimate of drug-likeness (QED) is 0.671. The summed E-state index contributed by atoms with van der Waals surface area (Å²) >= 11 is 0. The molecule has 0 heterocycles. The number of nitrogens with zero attached hydrogens (tertiary/aromatic N) is 1. The van der Waals surface area contributed by atoms with Gasteiger partial charge in [0, 0.05) is 11.6 Å². The highest BCUT2D eigenvalue weighted by Gasteiger charge is 2.18. The lowest BCUT2D eigenvalue weighted by Crippen LogP contribution is -2.09. The van der Waals surface area contributed by atoms with Gasteiger partial charge in [0.15, 0.2) is 0 Å². The molecule has 0 spiro atoms. The minimum atomic E-state index is -0.407. The summed E-state index contributed by atoms with van der Waals surface area (Å²) in [6.45, 7) is 3.52. The molecule has 1 N–H and O–H groups in total. The molecule has 0 saturated carbocycles. The molecule has 20 heavy (non-hydrogen) atoms. The molecule has 0 fully saturated rings. The maximum Gasteiger partial charge on any atom is 0.295 e. The number of nitrogens with one attached hydrogen (secondary N) is 1. The molecule has 0 aromatic heterocycles. The Morgan fingerprint density at radius 1 is 1.25 bits per heavy atom. The standard InChI is InChI=1S/C15H15FN2O2/c1-10-5-3-8-14(15(10)18(19)20)17-11(2)12-6-4-7-13(16)9-12/h3-9,11,17H,1-2H3. The Kier molecular flexibility index (Phi) is 3.98. The molecule has 0 aliphatic heterocycles. The molecule has 104 valence electrons. The van der Waals surface area contributed by atoms with Gasteiger partial charge in [-0.25, -0.2) is 4.39 Å². The van der Waals surface area contributed by atoms with Crippen LogP contribution in [0.2, 0.25) is 0 Å². The lowest BCUT2D eigenvalue weighted by atomic mass is 10.1. The van der Waals surface area contributed by atoms with Gasteiger partial charge in [-0.15, -0.1) is 0 Å². The molecule has 5 heteroatoms. The SMILES string of the molecule is Cc1cccc(NC(C)c2cccc(F)c2)c1[N+](=O)[O-]. The zero-order valence-electron chi connectivity index (χ0n) is 11.3. The van der Waals surface area contributed by atoms with Crippen molar-refractivity contribution in [1.82, 2.24) is 0 Å². The summed E-state index contributed by atoms with van der Waals surface area (Å²) in [7, 11) is 0. The van der Waals surface area contributed by atoms with Crippen molar-refractivity contribution in [2.24, 2.45) is 0 Å². The van der Waals surface area contributed by atoms with Crippen LogP contribution in [0, 0.1) is 22.9 Å². The van der Waals surface area contributed by atoms with Crippen LogP contribution in [0.3, 0.4) is 0 Å². The van der Waals surface area contributed by atoms with Crippen LogP contribution < -0.4 is 5.32 Å². The normalized spacial score (nSPS) is 11.9. The first-order valence-corrected chi connectivity index (χ1v) is 6.25. The van der Waals surface area contributed by atoms with Gasteiger partial charge >= 0.3 is 0 Å². The molecule has 0 amide bonds. The van der Waals surface area contributed by atoms with Crippen LogP contribution in [0.1, 0.15) is 24.1 Å². The minimum Gasteiger partial charge on any atom is -0.373 e. The summed E-state index contributed by atoms with van der Waals surface area (Å²) in [6, 6.07) is 11.0. The Hall–Kier alpha value is -2.43. The molecule has 4 nitrogen and oxygen atoms in total. The predicted octanol–water partition coefficient (Wildman–Crippen LogP) is 4.22. The van der Waals surface area contributed by atoms with Crippen molar-refractivity contribution in [3.05, 3.63) is 69.5 Å². The Morgan fingerprint density at radius 2 is 1.95 bits per heavy atom. The fourth-order valence-electron chi connectivity index (χ4n) is 2.11. The summed E-state index contributed by atoms with van der Waals surface area (Å²) in [5, 5.41) is 14.2. The zero-order valence-corrected chi connectivity index (χ0v) is 11.3. The van der Waals surface area contributed by atoms with Crippen LogP contribution >= 0.6 is 0 Å². The molecule has 0 bridgehead atoms. The van der Waals surface area contributed by atoms with Gasteiger partial charge in [0.25, 0.3) is 5.69 Å². The first-order chi connectivity index (χ1) is 9.49. The summed E-state index contributed by atoms with van der Waals surface area (Å²) in [6.07, 6.45) is 0. The highest BCUT2D eigenvalue weighted by molar-refractivity contribution is 5.65. The second-order valence-electron chi connectivity index (χ2n) is 4.65. The van der Waals surface area contributed by atoms with Crippen LogP contribution in [0.5, 0.6) is 0 Å². The largest absolute Gasteiger partial charge is 0.373 e. The fraction of sp³-hybridized carbons (Fsp3) is 0.200. The molecule has 0 aliphatic rings. The van der Waals surface area contributed by atoms with E-state index in [1.54, 1.807) is 37.3 Å². The smallest absolute Gasteiger partial charge is 0.295 e. The van der Waals surface area contributed by atoms with Crippen molar-refractivity contribution >= 4 is 11.4 Å². The fourth-order valence-corrected chi connectivity index (χ4v) is 2.11. The number of halogens is 1. The van der Waals surface area contributed by atoms with Gasteiger partial charge in [-0.3, -0.25) is 10.1 Å². The van der Waals surface area contributed by atoms with Gasteiger partial charge in [-0.1, -0.05) is 24.3 Å². The topological polar surface area (TPSA) is 55.2 Å². The van der Waals surface area contributed by atoms with Crippen LogP contribution in [0.15, 0.2) is 42.5 Å². The molecule has 2 aromatic carbocycles. The molecular formula is C15H15FN2O2. The summed E-state index contributed by atoms with van der Waals surface area (Å²) in [5.74, 6) is -0.324. The Labute approximate surface area is 116 Å². The number of nitro benzene ring substituents is 1. The van der Waals surface area contributed by atoms with Gasteiger partial charge in [0.2, 0.25) is 0 Å². The van der Waals surface area contributed by atoms with Crippen molar-refractivity contribution < 1.29 is 9.31 Å². The van der Waals surface area contributed by atoms with E-state index in [0.717, 1.165) is 5.56 Å². The Morgan fingerprint density at radius 3 is 2.60 bits per heavy atom. The maximum absolute atomic E-state index is 13.2. The third-order valence-corrected chi connectivity index (χ3v) is 3.14. The predicted molar refractivity (Wildman–Crippen MR) is 76.3 cm³/mol. The van der Waals surface area contributed by atoms with E-state index in [-0.39, 0.29) is 17.5 Å². The van der Waals surface area contributed by atoms with Gasteiger partial charge in [-0.05, 0) is 37.6 Å². The molecule has 0 aliphatic carbocycles. The van der Waals surface area contributed by atoms with Crippen molar-refractivity contribution in [2.75, 3.05) is 5.32 Å². The number of rotatable bonds is 4. The van der Waals surface area contributed by atoms with E-state index in [0.29, 0.717) is 11.3 Å². The first kappa shape index (κ1) is 14.0. The van der Waals surface area contributed by atoms with Crippen molar-refractivity contribution in [3.63, 3.8) is 0 Å². The van der Waals surface area contributed by atoms with E-state index < -0.39 is 4.92 Å². The molecule has 2 rings (SSSR count). The molecule has 1 unspecified atom stereocenters. The Bertz CT molecular complexity index is 644. The van der Waals surface area contributed by atoms with E-state index in [9.17, 15) is 14.5 Å². The van der Waals surface area contributed by atoms with Crippen LogP contribution in [-0.2, 0) is 0 Å². The molecule has 1 atom stereocenters. The van der Waals surface area contributed by atoms with Crippen molar-refractivity contribution in [2.45, 2.75) is 19.9 Å². The van der Waals surface area contributed by atoms with Crippen molar-refractivity contribution in [3.8, 4) is 0 Å². The lowest BCUT2D eigenvalue weighted by Gasteiger charge is -2.16. The highest BCUT2D eigenvalue weighted by atomic mass is 19.1. The molecule has 0 saturated heterocycles. The number of anilines is 1. The minimum absolute atomic E-state index is 0.0516. The number of benzene rings is 2. The van der Waals surface area contributed by atoms with Gasteiger partial charge in [-0.2, -0.15) is 0 Å². The van der Waals surface area contributed by atoms with E-state index in [1.807, 2.05) is 6.92 Å². The third-order valence-electron chi connectivity index (χ3n) is 3.14. The second kappa shape index (κ2) is 5.69. The summed E-state index contributed by atoms with van der Waals surface area (Å²) in [4.78, 5) is 10.7. The lowest BCUT2D eigenvalue weighted by molar-refractivity contribution is -0.384. The second-order valence-corrected chi connectivity index (χ2v) is 4.65. The average Bonchev–Trinajstić information content (AvgIpc) is 2.38. The zero-order chi connectivity index (χ0) is 14.7. The van der Waals surface area contributed by atoms with Gasteiger partial charge in [0.05, 0.1) is 4.92 Å². The third kappa shape index (κ3) is 2.93.